The van der Waals surface area contributed by atoms with E-state index in [1.165, 1.54) is 16.3 Å². The van der Waals surface area contributed by atoms with Gasteiger partial charge in [-0.25, -0.2) is 4.79 Å². The molecule has 0 saturated carbocycles. The van der Waals surface area contributed by atoms with Gasteiger partial charge < -0.3 is 14.8 Å². The van der Waals surface area contributed by atoms with Gasteiger partial charge in [-0.2, -0.15) is 0 Å². The second kappa shape index (κ2) is 11.2. The van der Waals surface area contributed by atoms with Crippen LogP contribution in [-0.4, -0.2) is 5.97 Å². The van der Waals surface area contributed by atoms with Gasteiger partial charge in [0.15, 0.2) is 0 Å². The molecule has 0 aliphatic rings. The molecule has 5 rings (SSSR count). The summed E-state index contributed by atoms with van der Waals surface area (Å²) in [4.78, 5) is 12.9. The molecule has 0 heterocycles. The zero-order valence-electron chi connectivity index (χ0n) is 19.9. The van der Waals surface area contributed by atoms with Gasteiger partial charge in [-0.15, -0.1) is 0 Å². The Balaban J connectivity index is 1.32. The first-order valence-electron chi connectivity index (χ1n) is 12.0. The van der Waals surface area contributed by atoms with Crippen LogP contribution in [0.1, 0.15) is 27.0 Å². The third-order valence-corrected chi connectivity index (χ3v) is 5.96. The van der Waals surface area contributed by atoms with Gasteiger partial charge in [-0.1, -0.05) is 97.1 Å². The molecule has 178 valence electrons. The molecule has 0 atom stereocenters. The SMILES string of the molecule is O=C(OCc1ccccc1)c1ccc(NCc2ccc3ccccc3c2)cc1OCc1ccccc1. The summed E-state index contributed by atoms with van der Waals surface area (Å²) in [6.45, 7) is 1.22. The first kappa shape index (κ1) is 23.2. The molecule has 0 aliphatic heterocycles. The number of hydrogen-bond acceptors (Lipinski definition) is 4. The number of carbonyl (C=O) groups excluding carboxylic acids is 1. The van der Waals surface area contributed by atoms with Gasteiger partial charge in [0.25, 0.3) is 0 Å². The van der Waals surface area contributed by atoms with Crippen LogP contribution in [0.2, 0.25) is 0 Å². The van der Waals surface area contributed by atoms with Crippen LogP contribution in [0.15, 0.2) is 121 Å². The van der Waals surface area contributed by atoms with Gasteiger partial charge in [-0.3, -0.25) is 0 Å². The number of hydrogen-bond donors (Lipinski definition) is 1. The number of anilines is 1. The van der Waals surface area contributed by atoms with E-state index in [0.29, 0.717) is 24.5 Å². The van der Waals surface area contributed by atoms with Crippen molar-refractivity contribution in [3.8, 4) is 5.75 Å². The first-order chi connectivity index (χ1) is 17.7. The Hall–Kier alpha value is -4.57. The maximum Gasteiger partial charge on any atom is 0.342 e. The lowest BCUT2D eigenvalue weighted by Crippen LogP contribution is -2.09. The van der Waals surface area contributed by atoms with Gasteiger partial charge >= 0.3 is 5.97 Å². The Morgan fingerprint density at radius 2 is 1.28 bits per heavy atom. The Labute approximate surface area is 211 Å². The van der Waals surface area contributed by atoms with Crippen LogP contribution in [0.5, 0.6) is 5.75 Å². The summed E-state index contributed by atoms with van der Waals surface area (Å²) in [7, 11) is 0. The number of esters is 1. The number of carbonyl (C=O) groups is 1. The Morgan fingerprint density at radius 1 is 0.611 bits per heavy atom. The van der Waals surface area contributed by atoms with Crippen molar-refractivity contribution in [3.63, 3.8) is 0 Å². The molecule has 0 unspecified atom stereocenters. The summed E-state index contributed by atoms with van der Waals surface area (Å²) in [5.41, 5.74) is 4.40. The van der Waals surface area contributed by atoms with Crippen molar-refractivity contribution in [1.29, 1.82) is 0 Å². The average molecular weight is 474 g/mol. The second-order valence-electron chi connectivity index (χ2n) is 8.58. The van der Waals surface area contributed by atoms with Gasteiger partial charge in [0, 0.05) is 18.3 Å². The fraction of sp³-hybridized carbons (Fsp3) is 0.0938. The third-order valence-electron chi connectivity index (χ3n) is 5.96. The molecule has 5 aromatic rings. The van der Waals surface area contributed by atoms with Crippen molar-refractivity contribution in [1.82, 2.24) is 0 Å². The molecule has 0 amide bonds. The van der Waals surface area contributed by atoms with Crippen molar-refractivity contribution >= 4 is 22.4 Å². The summed E-state index contributed by atoms with van der Waals surface area (Å²) in [5, 5.41) is 5.88. The van der Waals surface area contributed by atoms with Crippen molar-refractivity contribution in [2.24, 2.45) is 0 Å². The van der Waals surface area contributed by atoms with E-state index in [1.807, 2.05) is 84.9 Å². The minimum absolute atomic E-state index is 0.208. The van der Waals surface area contributed by atoms with Crippen LogP contribution in [0.4, 0.5) is 5.69 Å². The minimum atomic E-state index is -0.414. The lowest BCUT2D eigenvalue weighted by molar-refractivity contribution is 0.0467. The molecule has 0 radical (unpaired) electrons. The van der Waals surface area contributed by atoms with Gasteiger partial charge in [0.1, 0.15) is 24.5 Å². The quantitative estimate of drug-likeness (QED) is 0.227. The highest BCUT2D eigenvalue weighted by Gasteiger charge is 2.16. The van der Waals surface area contributed by atoms with Crippen LogP contribution in [-0.2, 0) is 24.5 Å². The van der Waals surface area contributed by atoms with Crippen LogP contribution in [0.25, 0.3) is 10.8 Å². The zero-order chi connectivity index (χ0) is 24.6. The van der Waals surface area contributed by atoms with Crippen molar-refractivity contribution in [2.75, 3.05) is 5.32 Å². The Kier molecular flexibility index (Phi) is 7.24. The summed E-state index contributed by atoms with van der Waals surface area (Å²) in [6.07, 6.45) is 0. The van der Waals surface area contributed by atoms with Gasteiger partial charge in [0.05, 0.1) is 0 Å². The third kappa shape index (κ3) is 5.91. The molecule has 36 heavy (non-hydrogen) atoms. The van der Waals surface area contributed by atoms with E-state index in [-0.39, 0.29) is 6.61 Å². The van der Waals surface area contributed by atoms with E-state index in [1.54, 1.807) is 6.07 Å². The molecule has 0 aromatic heterocycles. The molecule has 4 nitrogen and oxygen atoms in total. The number of ether oxygens (including phenoxy) is 2. The standard InChI is InChI=1S/C32H27NO3/c34-32(36-23-25-11-5-2-6-12-25)30-18-17-29(20-31(30)35-22-24-9-3-1-4-10-24)33-21-26-15-16-27-13-7-8-14-28(27)19-26/h1-20,33H,21-23H2. The Morgan fingerprint density at radius 3 is 2.03 bits per heavy atom. The predicted molar refractivity (Wildman–Crippen MR) is 144 cm³/mol. The maximum absolute atomic E-state index is 12.9. The summed E-state index contributed by atoms with van der Waals surface area (Å²) in [5.74, 6) is 0.0726. The van der Waals surface area contributed by atoms with Crippen LogP contribution >= 0.6 is 0 Å². The number of rotatable bonds is 9. The van der Waals surface area contributed by atoms with Crippen molar-refractivity contribution in [2.45, 2.75) is 19.8 Å². The van der Waals surface area contributed by atoms with E-state index in [4.69, 9.17) is 9.47 Å². The number of benzene rings is 5. The van der Waals surface area contributed by atoms with Crippen LogP contribution in [0, 0.1) is 0 Å². The second-order valence-corrected chi connectivity index (χ2v) is 8.58. The fourth-order valence-corrected chi connectivity index (χ4v) is 4.01. The van der Waals surface area contributed by atoms with Crippen LogP contribution in [0.3, 0.4) is 0 Å². The van der Waals surface area contributed by atoms with Gasteiger partial charge in [-0.05, 0) is 45.7 Å². The van der Waals surface area contributed by atoms with Crippen LogP contribution < -0.4 is 10.1 Å². The molecule has 4 heteroatoms. The largest absolute Gasteiger partial charge is 0.488 e. The lowest BCUT2D eigenvalue weighted by atomic mass is 10.1. The highest BCUT2D eigenvalue weighted by atomic mass is 16.5. The first-order valence-corrected chi connectivity index (χ1v) is 12.0. The summed E-state index contributed by atoms with van der Waals surface area (Å²) >= 11 is 0. The van der Waals surface area contributed by atoms with E-state index >= 15 is 0 Å². The maximum atomic E-state index is 12.9. The molecule has 0 saturated heterocycles. The smallest absolute Gasteiger partial charge is 0.342 e. The van der Waals surface area contributed by atoms with E-state index < -0.39 is 5.97 Å². The van der Waals surface area contributed by atoms with E-state index in [9.17, 15) is 4.79 Å². The zero-order valence-corrected chi connectivity index (χ0v) is 19.9. The lowest BCUT2D eigenvalue weighted by Gasteiger charge is -2.14. The molecule has 5 aromatic carbocycles. The molecule has 1 N–H and O–H groups in total. The monoisotopic (exact) mass is 473 g/mol. The highest BCUT2D eigenvalue weighted by molar-refractivity contribution is 5.93. The average Bonchev–Trinajstić information content (AvgIpc) is 2.94. The van der Waals surface area contributed by atoms with E-state index in [2.05, 4.69) is 35.6 Å². The minimum Gasteiger partial charge on any atom is -0.488 e. The van der Waals surface area contributed by atoms with Gasteiger partial charge in [0.2, 0.25) is 0 Å². The predicted octanol–water partition coefficient (Wildman–Crippen LogP) is 7.39. The molecular formula is C32H27NO3. The topological polar surface area (TPSA) is 47.6 Å². The molecular weight excluding hydrogens is 446 g/mol. The number of nitrogens with one attached hydrogen (secondary N) is 1. The fourth-order valence-electron chi connectivity index (χ4n) is 4.01. The normalized spacial score (nSPS) is 10.7. The van der Waals surface area contributed by atoms with Crippen molar-refractivity contribution < 1.29 is 14.3 Å². The van der Waals surface area contributed by atoms with Crippen molar-refractivity contribution in [3.05, 3.63) is 144 Å². The summed E-state index contributed by atoms with van der Waals surface area (Å²) in [6, 6.07) is 39.8. The molecule has 0 bridgehead atoms. The molecule has 0 fully saturated rings. The highest BCUT2D eigenvalue weighted by Crippen LogP contribution is 2.27. The Bertz CT molecular complexity index is 1450. The summed E-state index contributed by atoms with van der Waals surface area (Å²) < 4.78 is 11.7. The molecule has 0 aliphatic carbocycles. The molecule has 0 spiro atoms. The van der Waals surface area contributed by atoms with E-state index in [0.717, 1.165) is 16.8 Å². The number of fused-ring (bicyclic) bond motifs is 1.